The van der Waals surface area contributed by atoms with Gasteiger partial charge in [-0.05, 0) is 44.2 Å². The Bertz CT molecular complexity index is 1190. The normalized spacial score (nSPS) is 24.1. The Labute approximate surface area is 225 Å². The third-order valence-electron chi connectivity index (χ3n) is 6.71. The smallest absolute Gasteiger partial charge is 0.422 e. The first kappa shape index (κ1) is 28.6. The molecule has 2 amide bonds. The summed E-state index contributed by atoms with van der Waals surface area (Å²) in [5, 5.41) is 16.5. The number of aromatic nitrogens is 2. The zero-order valence-electron chi connectivity index (χ0n) is 20.4. The average molecular weight is 577 g/mol. The molecule has 3 N–H and O–H groups in total. The third kappa shape index (κ3) is 7.38. The molecule has 3 aliphatic carbocycles. The summed E-state index contributed by atoms with van der Waals surface area (Å²) < 4.78 is 65.2. The monoisotopic (exact) mass is 576 g/mol. The molecule has 3 aliphatic rings. The first-order chi connectivity index (χ1) is 18.4. The molecule has 0 saturated heterocycles. The van der Waals surface area contributed by atoms with Crippen molar-refractivity contribution in [3.8, 4) is 17.5 Å². The number of benzene rings is 1. The Kier molecular flexibility index (Phi) is 8.35. The van der Waals surface area contributed by atoms with E-state index in [2.05, 4.69) is 25.3 Å². The molecule has 3 fully saturated rings. The number of fused-ring (bicyclic) bond motifs is 3. The molecular formula is C24H25ClF4N4O6. The minimum absolute atomic E-state index is 0.0552. The van der Waals surface area contributed by atoms with Gasteiger partial charge in [0.25, 0.3) is 11.8 Å². The van der Waals surface area contributed by atoms with Crippen LogP contribution in [0.25, 0.3) is 0 Å². The lowest BCUT2D eigenvalue weighted by Gasteiger charge is -2.56. The number of ether oxygens (including phenoxy) is 3. The number of halogens is 5. The largest absolute Gasteiger partial charge is 0.484 e. The van der Waals surface area contributed by atoms with Gasteiger partial charge in [0.1, 0.15) is 11.6 Å². The van der Waals surface area contributed by atoms with Crippen LogP contribution in [0.4, 0.5) is 17.6 Å². The summed E-state index contributed by atoms with van der Waals surface area (Å²) in [6.07, 6.45) is -1.29. The number of nitrogens with one attached hydrogen (secondary N) is 2. The lowest BCUT2D eigenvalue weighted by atomic mass is 9.60. The molecule has 2 aromatic rings. The molecule has 3 saturated carbocycles. The van der Waals surface area contributed by atoms with Gasteiger partial charge in [-0.2, -0.15) is 23.1 Å². The molecule has 5 rings (SSSR count). The minimum atomic E-state index is -4.53. The van der Waals surface area contributed by atoms with Crippen LogP contribution in [0.3, 0.4) is 0 Å². The van der Waals surface area contributed by atoms with Crippen molar-refractivity contribution in [3.63, 3.8) is 0 Å². The Morgan fingerprint density at radius 3 is 2.21 bits per heavy atom. The minimum Gasteiger partial charge on any atom is -0.484 e. The van der Waals surface area contributed by atoms with Gasteiger partial charge in [0, 0.05) is 11.6 Å². The highest BCUT2D eigenvalue weighted by atomic mass is 35.5. The molecule has 0 aliphatic heterocycles. The van der Waals surface area contributed by atoms with E-state index in [9.17, 15) is 32.3 Å². The van der Waals surface area contributed by atoms with Crippen LogP contribution in [-0.2, 0) is 9.59 Å². The number of carbonyl (C=O) groups excluding carboxylic acids is 2. The van der Waals surface area contributed by atoms with E-state index in [0.717, 1.165) is 18.5 Å². The molecule has 1 heterocycles. The van der Waals surface area contributed by atoms with Crippen LogP contribution in [0, 0.1) is 5.82 Å². The number of alkyl halides is 3. The predicted molar refractivity (Wildman–Crippen MR) is 127 cm³/mol. The van der Waals surface area contributed by atoms with Crippen molar-refractivity contribution in [3.05, 3.63) is 41.4 Å². The molecule has 2 bridgehead atoms. The SMILES string of the molecule is O=C(COc1cnc(OCC(F)(F)F)nc1)NC12CCC(NC(=O)COc3ccc(Cl)c(F)c3)(CC1)[C@@H](O)C2. The van der Waals surface area contributed by atoms with Gasteiger partial charge in [-0.15, -0.1) is 0 Å². The van der Waals surface area contributed by atoms with Gasteiger partial charge in [0.05, 0.1) is 29.1 Å². The zero-order valence-corrected chi connectivity index (χ0v) is 21.1. The van der Waals surface area contributed by atoms with Gasteiger partial charge < -0.3 is 30.0 Å². The Morgan fingerprint density at radius 1 is 1.00 bits per heavy atom. The maximum atomic E-state index is 13.6. The zero-order chi connectivity index (χ0) is 28.3. The van der Waals surface area contributed by atoms with Crippen molar-refractivity contribution in [2.45, 2.75) is 55.5 Å². The molecule has 212 valence electrons. The summed E-state index contributed by atoms with van der Waals surface area (Å²) in [4.78, 5) is 32.3. The van der Waals surface area contributed by atoms with E-state index in [-0.39, 0.29) is 29.5 Å². The van der Waals surface area contributed by atoms with E-state index in [4.69, 9.17) is 21.1 Å². The highest BCUT2D eigenvalue weighted by Gasteiger charge is 2.55. The van der Waals surface area contributed by atoms with Crippen LogP contribution in [0.5, 0.6) is 17.5 Å². The summed E-state index contributed by atoms with van der Waals surface area (Å²) >= 11 is 5.64. The maximum absolute atomic E-state index is 13.6. The molecular weight excluding hydrogens is 552 g/mol. The molecule has 1 aromatic carbocycles. The van der Waals surface area contributed by atoms with Crippen LogP contribution < -0.4 is 24.8 Å². The van der Waals surface area contributed by atoms with Gasteiger partial charge in [0.15, 0.2) is 25.6 Å². The molecule has 0 unspecified atom stereocenters. The van der Waals surface area contributed by atoms with Gasteiger partial charge in [-0.3, -0.25) is 9.59 Å². The molecule has 1 atom stereocenters. The summed E-state index contributed by atoms with van der Waals surface area (Å²) in [6, 6.07) is 3.33. The standard InChI is InChI=1S/C24H25ClF4N4O6/c25-16-2-1-14(7-17(16)26)37-12-20(36)33-23-5-3-22(4-6-23,8-18(23)34)32-19(35)11-38-15-9-30-21(31-10-15)39-13-24(27,28)29/h1-2,7,9-10,18,34H,3-6,8,11-13H2,(H,32,35)(H,33,36)/t18-,22?,23?/m0/s1. The molecule has 0 radical (unpaired) electrons. The van der Waals surface area contributed by atoms with Crippen LogP contribution >= 0.6 is 11.6 Å². The molecule has 0 spiro atoms. The van der Waals surface area contributed by atoms with Crippen LogP contribution in [0.15, 0.2) is 30.6 Å². The number of nitrogens with zero attached hydrogens (tertiary/aromatic N) is 2. The number of amides is 2. The fourth-order valence-corrected chi connectivity index (χ4v) is 4.89. The molecule has 10 nitrogen and oxygen atoms in total. The molecule has 39 heavy (non-hydrogen) atoms. The van der Waals surface area contributed by atoms with Crippen molar-refractivity contribution in [1.29, 1.82) is 0 Å². The first-order valence-electron chi connectivity index (χ1n) is 11.9. The second-order valence-corrected chi connectivity index (χ2v) is 9.92. The summed E-state index contributed by atoms with van der Waals surface area (Å²) in [5.74, 6) is -1.43. The van der Waals surface area contributed by atoms with E-state index < -0.39 is 60.2 Å². The summed E-state index contributed by atoms with van der Waals surface area (Å²) in [6.45, 7) is -2.32. The number of carbonyl (C=O) groups is 2. The third-order valence-corrected chi connectivity index (χ3v) is 7.02. The van der Waals surface area contributed by atoms with Gasteiger partial charge in [-0.1, -0.05) is 11.6 Å². The Morgan fingerprint density at radius 2 is 1.62 bits per heavy atom. The number of rotatable bonds is 10. The predicted octanol–water partition coefficient (Wildman–Crippen LogP) is 2.72. The van der Waals surface area contributed by atoms with Gasteiger partial charge in [-0.25, -0.2) is 4.39 Å². The highest BCUT2D eigenvalue weighted by molar-refractivity contribution is 6.30. The summed E-state index contributed by atoms with van der Waals surface area (Å²) in [5.41, 5.74) is -1.56. The molecule has 1 aromatic heterocycles. The maximum Gasteiger partial charge on any atom is 0.422 e. The van der Waals surface area contributed by atoms with E-state index in [0.29, 0.717) is 25.7 Å². The second-order valence-electron chi connectivity index (χ2n) is 9.51. The Balaban J connectivity index is 1.23. The highest BCUT2D eigenvalue weighted by Crippen LogP contribution is 2.47. The number of aliphatic hydroxyl groups is 1. The second kappa shape index (κ2) is 11.4. The topological polar surface area (TPSA) is 132 Å². The van der Waals surface area contributed by atoms with Crippen molar-refractivity contribution < 1.29 is 46.5 Å². The summed E-state index contributed by atoms with van der Waals surface area (Å²) in [7, 11) is 0. The van der Waals surface area contributed by atoms with E-state index in [1.807, 2.05) is 0 Å². The average Bonchev–Trinajstić information content (AvgIpc) is 2.88. The van der Waals surface area contributed by atoms with Crippen LogP contribution in [0.1, 0.15) is 32.1 Å². The fourth-order valence-electron chi connectivity index (χ4n) is 4.77. The van der Waals surface area contributed by atoms with Crippen molar-refractivity contribution in [1.82, 2.24) is 20.6 Å². The lowest BCUT2D eigenvalue weighted by Crippen LogP contribution is -2.70. The van der Waals surface area contributed by atoms with Crippen molar-refractivity contribution >= 4 is 23.4 Å². The quantitative estimate of drug-likeness (QED) is 0.368. The van der Waals surface area contributed by atoms with Gasteiger partial charge in [0.2, 0.25) is 0 Å². The first-order valence-corrected chi connectivity index (χ1v) is 12.3. The van der Waals surface area contributed by atoms with E-state index in [1.54, 1.807) is 0 Å². The lowest BCUT2D eigenvalue weighted by molar-refractivity contribution is -0.154. The number of aliphatic hydroxyl groups excluding tert-OH is 1. The van der Waals surface area contributed by atoms with E-state index >= 15 is 0 Å². The van der Waals surface area contributed by atoms with E-state index in [1.165, 1.54) is 12.1 Å². The number of hydrogen-bond donors (Lipinski definition) is 3. The van der Waals surface area contributed by atoms with Crippen LogP contribution in [0.2, 0.25) is 5.02 Å². The number of hydrogen-bond acceptors (Lipinski definition) is 8. The van der Waals surface area contributed by atoms with Crippen LogP contribution in [-0.4, -0.2) is 70.1 Å². The van der Waals surface area contributed by atoms with Gasteiger partial charge >= 0.3 is 12.2 Å². The van der Waals surface area contributed by atoms with Crippen molar-refractivity contribution in [2.75, 3.05) is 19.8 Å². The fraction of sp³-hybridized carbons (Fsp3) is 0.500. The molecule has 15 heteroatoms. The Hall–Kier alpha value is -3.39. The van der Waals surface area contributed by atoms with Crippen molar-refractivity contribution in [2.24, 2.45) is 0 Å².